The Morgan fingerprint density at radius 3 is 1.73 bits per heavy atom. The summed E-state index contributed by atoms with van der Waals surface area (Å²) in [5, 5.41) is 7.55. The highest BCUT2D eigenvalue weighted by molar-refractivity contribution is 6.29. The van der Waals surface area contributed by atoms with E-state index in [2.05, 4.69) is 189 Å². The quantitative estimate of drug-likeness (QED) is 0.112. The molecule has 0 spiro atoms. The van der Waals surface area contributed by atoms with Gasteiger partial charge in [0.1, 0.15) is 0 Å². The molecule has 0 aromatic heterocycles. The van der Waals surface area contributed by atoms with E-state index in [0.717, 1.165) is 24.0 Å². The number of rotatable bonds is 8. The first-order chi connectivity index (χ1) is 25.7. The lowest BCUT2D eigenvalue weighted by atomic mass is 9.83. The molecule has 0 amide bonds. The Hall–Kier alpha value is -6.50. The summed E-state index contributed by atoms with van der Waals surface area (Å²) in [5.41, 5.74) is 14.3. The van der Waals surface area contributed by atoms with Gasteiger partial charge in [0, 0.05) is 0 Å². The average molecular weight is 663 g/mol. The Bertz CT molecular complexity index is 2730. The van der Waals surface area contributed by atoms with Crippen LogP contribution < -0.4 is 0 Å². The van der Waals surface area contributed by atoms with E-state index >= 15 is 0 Å². The summed E-state index contributed by atoms with van der Waals surface area (Å²) >= 11 is 0. The van der Waals surface area contributed by atoms with E-state index in [0.29, 0.717) is 0 Å². The van der Waals surface area contributed by atoms with Gasteiger partial charge in [0.05, 0.1) is 0 Å². The van der Waals surface area contributed by atoms with Gasteiger partial charge in [0.2, 0.25) is 0 Å². The van der Waals surface area contributed by atoms with Crippen LogP contribution in [0.25, 0.3) is 82.4 Å². The van der Waals surface area contributed by atoms with Crippen LogP contribution in [0.2, 0.25) is 0 Å². The largest absolute Gasteiger partial charge is 0.0984 e. The summed E-state index contributed by atoms with van der Waals surface area (Å²) in [5.74, 6) is 0. The van der Waals surface area contributed by atoms with Crippen molar-refractivity contribution in [1.29, 1.82) is 0 Å². The van der Waals surface area contributed by atoms with Gasteiger partial charge in [0.15, 0.2) is 0 Å². The minimum Gasteiger partial charge on any atom is -0.0984 e. The molecular formula is C52H38. The fourth-order valence-corrected chi connectivity index (χ4v) is 8.02. The highest BCUT2D eigenvalue weighted by atomic mass is 14.2. The molecule has 0 unspecified atom stereocenters. The van der Waals surface area contributed by atoms with Crippen molar-refractivity contribution in [3.63, 3.8) is 0 Å². The summed E-state index contributed by atoms with van der Waals surface area (Å²) < 4.78 is 0. The molecule has 246 valence electrons. The van der Waals surface area contributed by atoms with Crippen molar-refractivity contribution in [2.45, 2.75) is 12.8 Å². The number of allylic oxidation sites excluding steroid dienone is 8. The zero-order valence-corrected chi connectivity index (χ0v) is 29.1. The Balaban J connectivity index is 1.31. The van der Waals surface area contributed by atoms with Gasteiger partial charge in [0.25, 0.3) is 0 Å². The zero-order valence-electron chi connectivity index (χ0n) is 29.1. The summed E-state index contributed by atoms with van der Waals surface area (Å²) in [7, 11) is 0. The second kappa shape index (κ2) is 13.3. The molecule has 0 heterocycles. The Labute approximate surface area is 306 Å². The van der Waals surface area contributed by atoms with Crippen LogP contribution in [0.15, 0.2) is 206 Å². The zero-order chi connectivity index (χ0) is 35.0. The van der Waals surface area contributed by atoms with Gasteiger partial charge in [-0.2, -0.15) is 0 Å². The van der Waals surface area contributed by atoms with Crippen LogP contribution in [-0.4, -0.2) is 0 Å². The summed E-state index contributed by atoms with van der Waals surface area (Å²) in [6.07, 6.45) is 12.8. The normalized spacial score (nSPS) is 13.2. The Morgan fingerprint density at radius 2 is 1.10 bits per heavy atom. The van der Waals surface area contributed by atoms with Crippen molar-refractivity contribution in [2.24, 2.45) is 0 Å². The van der Waals surface area contributed by atoms with Crippen molar-refractivity contribution >= 4 is 37.9 Å². The van der Waals surface area contributed by atoms with Crippen LogP contribution >= 0.6 is 0 Å². The minimum absolute atomic E-state index is 1.00. The highest BCUT2D eigenvalue weighted by Gasteiger charge is 2.19. The Kier molecular flexibility index (Phi) is 8.07. The third kappa shape index (κ3) is 5.60. The smallest absolute Gasteiger partial charge is 0.00141 e. The monoisotopic (exact) mass is 662 g/mol. The van der Waals surface area contributed by atoms with Crippen LogP contribution in [0.5, 0.6) is 0 Å². The van der Waals surface area contributed by atoms with Crippen LogP contribution in [0.4, 0.5) is 0 Å². The molecule has 0 nitrogen and oxygen atoms in total. The van der Waals surface area contributed by atoms with Crippen LogP contribution in [0, 0.1) is 0 Å². The van der Waals surface area contributed by atoms with Crippen LogP contribution in [-0.2, 0) is 0 Å². The molecule has 0 saturated heterocycles. The second-order valence-corrected chi connectivity index (χ2v) is 13.7. The SMILES string of the molecule is C=C/C(=C\C(=C)C1=CC=CCC1)c1cc(-c2cccc(-c3ccccc3)c2)c2ccc3c(-c4cccc(-c5ccccc5)c4)ccc4ccc1c2c43. The molecule has 0 bridgehead atoms. The van der Waals surface area contributed by atoms with Crippen molar-refractivity contribution in [2.75, 3.05) is 0 Å². The lowest BCUT2D eigenvalue weighted by Gasteiger charge is -2.20. The lowest BCUT2D eigenvalue weighted by Crippen LogP contribution is -1.95. The van der Waals surface area contributed by atoms with Crippen molar-refractivity contribution in [3.05, 3.63) is 212 Å². The van der Waals surface area contributed by atoms with E-state index in [9.17, 15) is 0 Å². The van der Waals surface area contributed by atoms with Gasteiger partial charge in [-0.25, -0.2) is 0 Å². The number of hydrogen-bond acceptors (Lipinski definition) is 0. The Morgan fingerprint density at radius 1 is 0.519 bits per heavy atom. The average Bonchev–Trinajstić information content (AvgIpc) is 3.22. The molecule has 1 aliphatic rings. The standard InChI is InChI=1S/C52H38/c1-3-36(31-35(2)37-15-7-4-8-16-37)49-34-50(44-24-14-22-42(33-44)39-19-11-6-12-20-39)48-30-29-46-45(27-25-40-26-28-47(49)52(48)51(40)46)43-23-13-21-41(32-43)38-17-9-5-10-18-38/h3-7,9-15,17-34H,1-2,8,16H2/b36-31+. The van der Waals surface area contributed by atoms with E-state index in [4.69, 9.17) is 0 Å². The third-order valence-corrected chi connectivity index (χ3v) is 10.6. The van der Waals surface area contributed by atoms with E-state index in [-0.39, 0.29) is 0 Å². The molecule has 9 rings (SSSR count). The van der Waals surface area contributed by atoms with Gasteiger partial charge < -0.3 is 0 Å². The molecule has 1 aliphatic carbocycles. The summed E-state index contributed by atoms with van der Waals surface area (Å²) in [6.45, 7) is 8.87. The first kappa shape index (κ1) is 31.5. The van der Waals surface area contributed by atoms with Crippen LogP contribution in [0.1, 0.15) is 18.4 Å². The molecule has 8 aromatic rings. The van der Waals surface area contributed by atoms with E-state index in [1.807, 2.05) is 6.08 Å². The molecule has 0 radical (unpaired) electrons. The first-order valence-electron chi connectivity index (χ1n) is 18.1. The minimum atomic E-state index is 1.00. The van der Waals surface area contributed by atoms with Crippen molar-refractivity contribution in [1.82, 2.24) is 0 Å². The summed E-state index contributed by atoms with van der Waals surface area (Å²) in [4.78, 5) is 0. The van der Waals surface area contributed by atoms with Crippen molar-refractivity contribution in [3.8, 4) is 44.5 Å². The molecule has 52 heavy (non-hydrogen) atoms. The molecular weight excluding hydrogens is 625 g/mol. The molecule has 0 atom stereocenters. The van der Waals surface area contributed by atoms with E-state index < -0.39 is 0 Å². The molecule has 0 aliphatic heterocycles. The van der Waals surface area contributed by atoms with E-state index in [1.54, 1.807) is 0 Å². The van der Waals surface area contributed by atoms with Crippen LogP contribution in [0.3, 0.4) is 0 Å². The van der Waals surface area contributed by atoms with Gasteiger partial charge in [-0.3, -0.25) is 0 Å². The fourth-order valence-electron chi connectivity index (χ4n) is 8.02. The highest BCUT2D eigenvalue weighted by Crippen LogP contribution is 2.46. The predicted molar refractivity (Wildman–Crippen MR) is 226 cm³/mol. The molecule has 0 fully saturated rings. The first-order valence-corrected chi connectivity index (χ1v) is 18.1. The second-order valence-electron chi connectivity index (χ2n) is 13.7. The fraction of sp³-hybridized carbons (Fsp3) is 0.0385. The van der Waals surface area contributed by atoms with Gasteiger partial charge in [-0.05, 0) is 136 Å². The van der Waals surface area contributed by atoms with Crippen molar-refractivity contribution < 1.29 is 0 Å². The third-order valence-electron chi connectivity index (χ3n) is 10.6. The molecule has 0 N–H and O–H groups in total. The molecule has 0 saturated carbocycles. The lowest BCUT2D eigenvalue weighted by molar-refractivity contribution is 0.979. The number of benzene rings is 8. The van der Waals surface area contributed by atoms with Gasteiger partial charge >= 0.3 is 0 Å². The maximum Gasteiger partial charge on any atom is -0.00141 e. The predicted octanol–water partition coefficient (Wildman–Crippen LogP) is 14.7. The van der Waals surface area contributed by atoms with Gasteiger partial charge in [-0.1, -0.05) is 171 Å². The maximum atomic E-state index is 4.53. The molecule has 0 heteroatoms. The summed E-state index contributed by atoms with van der Waals surface area (Å²) in [6, 6.07) is 55.5. The van der Waals surface area contributed by atoms with Gasteiger partial charge in [-0.15, -0.1) is 0 Å². The molecule has 8 aromatic carbocycles. The van der Waals surface area contributed by atoms with E-state index in [1.165, 1.54) is 88.0 Å². The topological polar surface area (TPSA) is 0 Å². The number of hydrogen-bond donors (Lipinski definition) is 0. The maximum absolute atomic E-state index is 4.53.